The minimum atomic E-state index is -0.271. The van der Waals surface area contributed by atoms with Crippen LogP contribution in [-0.2, 0) is 11.8 Å². The SMILES string of the molecule is Cc1ccc(C(CCl)(CCl)Cc2ccn(C(C)C)n2)cc1. The van der Waals surface area contributed by atoms with Crippen molar-refractivity contribution in [2.75, 3.05) is 11.8 Å². The number of aromatic nitrogens is 2. The van der Waals surface area contributed by atoms with Crippen LogP contribution < -0.4 is 0 Å². The molecule has 0 radical (unpaired) electrons. The van der Waals surface area contributed by atoms with E-state index in [1.807, 2.05) is 10.9 Å². The quantitative estimate of drug-likeness (QED) is 0.702. The third-order valence-electron chi connectivity index (χ3n) is 3.89. The van der Waals surface area contributed by atoms with E-state index in [0.29, 0.717) is 17.8 Å². The van der Waals surface area contributed by atoms with E-state index in [9.17, 15) is 0 Å². The van der Waals surface area contributed by atoms with Crippen LogP contribution >= 0.6 is 23.2 Å². The molecule has 2 rings (SSSR count). The summed E-state index contributed by atoms with van der Waals surface area (Å²) in [6, 6.07) is 10.9. The maximum atomic E-state index is 6.30. The molecule has 21 heavy (non-hydrogen) atoms. The molecular formula is C17H22Cl2N2. The van der Waals surface area contributed by atoms with Gasteiger partial charge in [0.15, 0.2) is 0 Å². The van der Waals surface area contributed by atoms with E-state index < -0.39 is 0 Å². The monoisotopic (exact) mass is 324 g/mol. The molecule has 4 heteroatoms. The number of alkyl halides is 2. The Bertz CT molecular complexity index is 569. The van der Waals surface area contributed by atoms with Crippen molar-refractivity contribution >= 4 is 23.2 Å². The number of aryl methyl sites for hydroxylation is 1. The third kappa shape index (κ3) is 3.61. The molecule has 0 atom stereocenters. The van der Waals surface area contributed by atoms with Crippen LogP contribution in [-0.4, -0.2) is 21.5 Å². The predicted octanol–water partition coefficient (Wildman–Crippen LogP) is 4.73. The highest BCUT2D eigenvalue weighted by Crippen LogP contribution is 2.31. The lowest BCUT2D eigenvalue weighted by Crippen LogP contribution is -2.33. The number of nitrogens with zero attached hydrogens (tertiary/aromatic N) is 2. The molecule has 1 heterocycles. The van der Waals surface area contributed by atoms with Crippen molar-refractivity contribution in [3.8, 4) is 0 Å². The molecule has 0 aliphatic heterocycles. The highest BCUT2D eigenvalue weighted by molar-refractivity contribution is 6.22. The van der Waals surface area contributed by atoms with E-state index in [0.717, 1.165) is 12.1 Å². The lowest BCUT2D eigenvalue weighted by atomic mass is 9.80. The van der Waals surface area contributed by atoms with E-state index in [1.165, 1.54) is 11.1 Å². The second-order valence-electron chi connectivity index (χ2n) is 5.97. The first-order valence-electron chi connectivity index (χ1n) is 7.24. The number of hydrogen-bond acceptors (Lipinski definition) is 1. The first-order valence-corrected chi connectivity index (χ1v) is 8.31. The Balaban J connectivity index is 2.30. The van der Waals surface area contributed by atoms with Gasteiger partial charge in [-0.05, 0) is 32.4 Å². The lowest BCUT2D eigenvalue weighted by Gasteiger charge is -2.29. The van der Waals surface area contributed by atoms with Gasteiger partial charge in [-0.3, -0.25) is 4.68 Å². The van der Waals surface area contributed by atoms with Gasteiger partial charge in [-0.15, -0.1) is 23.2 Å². The second kappa shape index (κ2) is 6.85. The van der Waals surface area contributed by atoms with Gasteiger partial charge in [0.2, 0.25) is 0 Å². The van der Waals surface area contributed by atoms with Crippen molar-refractivity contribution in [2.45, 2.75) is 38.6 Å². The standard InChI is InChI=1S/C17H22Cl2N2/c1-13(2)21-9-8-16(20-21)10-17(11-18,12-19)15-6-4-14(3)5-7-15/h4-9,13H,10-12H2,1-3H3. The average Bonchev–Trinajstić information content (AvgIpc) is 2.94. The smallest absolute Gasteiger partial charge is 0.0634 e. The van der Waals surface area contributed by atoms with Gasteiger partial charge in [-0.1, -0.05) is 29.8 Å². The van der Waals surface area contributed by atoms with E-state index in [4.69, 9.17) is 23.2 Å². The van der Waals surface area contributed by atoms with Gasteiger partial charge in [0.25, 0.3) is 0 Å². The molecule has 0 saturated heterocycles. The van der Waals surface area contributed by atoms with Crippen LogP contribution in [0.5, 0.6) is 0 Å². The Morgan fingerprint density at radius 2 is 1.71 bits per heavy atom. The summed E-state index contributed by atoms with van der Waals surface area (Å²) in [5, 5.41) is 4.63. The largest absolute Gasteiger partial charge is 0.270 e. The fourth-order valence-electron chi connectivity index (χ4n) is 2.40. The zero-order valence-corrected chi connectivity index (χ0v) is 14.3. The topological polar surface area (TPSA) is 17.8 Å². The molecule has 0 aliphatic rings. The Hall–Kier alpha value is -0.990. The Morgan fingerprint density at radius 1 is 1.10 bits per heavy atom. The molecule has 1 aromatic heterocycles. The molecule has 1 aromatic carbocycles. The summed E-state index contributed by atoms with van der Waals surface area (Å²) in [7, 11) is 0. The first-order chi connectivity index (χ1) is 10.0. The van der Waals surface area contributed by atoms with Crippen LogP contribution in [0.2, 0.25) is 0 Å². The summed E-state index contributed by atoms with van der Waals surface area (Å²) < 4.78 is 1.97. The number of hydrogen-bond donors (Lipinski definition) is 0. The molecule has 2 nitrogen and oxygen atoms in total. The maximum absolute atomic E-state index is 6.30. The van der Waals surface area contributed by atoms with E-state index >= 15 is 0 Å². The fourth-order valence-corrected chi connectivity index (χ4v) is 3.18. The van der Waals surface area contributed by atoms with Gasteiger partial charge in [-0.2, -0.15) is 5.10 Å². The molecule has 0 amide bonds. The molecule has 0 fully saturated rings. The molecular weight excluding hydrogens is 303 g/mol. The van der Waals surface area contributed by atoms with Crippen molar-refractivity contribution in [3.63, 3.8) is 0 Å². The minimum absolute atomic E-state index is 0.271. The van der Waals surface area contributed by atoms with Crippen LogP contribution in [0.15, 0.2) is 36.5 Å². The molecule has 0 unspecified atom stereocenters. The first kappa shape index (κ1) is 16.4. The fraction of sp³-hybridized carbons (Fsp3) is 0.471. The zero-order valence-electron chi connectivity index (χ0n) is 12.8. The van der Waals surface area contributed by atoms with Gasteiger partial charge < -0.3 is 0 Å². The molecule has 0 N–H and O–H groups in total. The number of benzene rings is 1. The Morgan fingerprint density at radius 3 is 2.19 bits per heavy atom. The Kier molecular flexibility index (Phi) is 5.34. The van der Waals surface area contributed by atoms with Gasteiger partial charge in [-0.25, -0.2) is 0 Å². The molecule has 0 bridgehead atoms. The summed E-state index contributed by atoms with van der Waals surface area (Å²) >= 11 is 12.6. The van der Waals surface area contributed by atoms with Crippen molar-refractivity contribution in [3.05, 3.63) is 53.3 Å². The molecule has 2 aromatic rings. The highest BCUT2D eigenvalue weighted by atomic mass is 35.5. The summed E-state index contributed by atoms with van der Waals surface area (Å²) in [6.07, 6.45) is 2.77. The average molecular weight is 325 g/mol. The summed E-state index contributed by atoms with van der Waals surface area (Å²) in [5.74, 6) is 0.961. The highest BCUT2D eigenvalue weighted by Gasteiger charge is 2.32. The molecule has 114 valence electrons. The van der Waals surface area contributed by atoms with Crippen molar-refractivity contribution in [1.29, 1.82) is 0 Å². The van der Waals surface area contributed by atoms with Crippen molar-refractivity contribution < 1.29 is 0 Å². The molecule has 0 saturated carbocycles. The van der Waals surface area contributed by atoms with Crippen LogP contribution in [0.25, 0.3) is 0 Å². The maximum Gasteiger partial charge on any atom is 0.0634 e. The molecule has 0 spiro atoms. The second-order valence-corrected chi connectivity index (χ2v) is 6.51. The van der Waals surface area contributed by atoms with Crippen molar-refractivity contribution in [2.24, 2.45) is 0 Å². The number of rotatable bonds is 6. The van der Waals surface area contributed by atoms with Crippen LogP contribution in [0, 0.1) is 6.92 Å². The van der Waals surface area contributed by atoms with Crippen molar-refractivity contribution in [1.82, 2.24) is 9.78 Å². The van der Waals surface area contributed by atoms with E-state index in [1.54, 1.807) is 0 Å². The molecule has 0 aliphatic carbocycles. The normalized spacial score (nSPS) is 12.1. The van der Waals surface area contributed by atoms with E-state index in [2.05, 4.69) is 56.2 Å². The summed E-state index contributed by atoms with van der Waals surface area (Å²) in [5.41, 5.74) is 3.18. The van der Waals surface area contributed by atoms with Gasteiger partial charge >= 0.3 is 0 Å². The van der Waals surface area contributed by atoms with E-state index in [-0.39, 0.29) is 5.41 Å². The zero-order chi connectivity index (χ0) is 15.5. The lowest BCUT2D eigenvalue weighted by molar-refractivity contribution is 0.496. The van der Waals surface area contributed by atoms with Gasteiger partial charge in [0.1, 0.15) is 0 Å². The number of halogens is 2. The van der Waals surface area contributed by atoms with Crippen LogP contribution in [0.1, 0.15) is 36.7 Å². The summed E-state index contributed by atoms with van der Waals surface area (Å²) in [6.45, 7) is 6.32. The minimum Gasteiger partial charge on any atom is -0.270 e. The predicted molar refractivity (Wildman–Crippen MR) is 90.6 cm³/mol. The van der Waals surface area contributed by atoms with Gasteiger partial charge in [0.05, 0.1) is 5.69 Å². The van der Waals surface area contributed by atoms with Crippen LogP contribution in [0.4, 0.5) is 0 Å². The summed E-state index contributed by atoms with van der Waals surface area (Å²) in [4.78, 5) is 0. The Labute approximate surface area is 137 Å². The van der Waals surface area contributed by atoms with Gasteiger partial charge in [0, 0.05) is 35.8 Å². The third-order valence-corrected chi connectivity index (χ3v) is 4.91. The van der Waals surface area contributed by atoms with Crippen LogP contribution in [0.3, 0.4) is 0 Å².